The molecule has 7 heteroatoms. The lowest BCUT2D eigenvalue weighted by atomic mass is 9.76. The highest BCUT2D eigenvalue weighted by Crippen LogP contribution is 2.51. The summed E-state index contributed by atoms with van der Waals surface area (Å²) in [5.41, 5.74) is -0.594. The van der Waals surface area contributed by atoms with Crippen LogP contribution in [-0.4, -0.2) is 12.6 Å². The molecule has 3 nitrogen and oxygen atoms in total. The van der Waals surface area contributed by atoms with Crippen LogP contribution in [0.1, 0.15) is 107 Å². The van der Waals surface area contributed by atoms with Crippen LogP contribution in [0.5, 0.6) is 11.5 Å². The highest BCUT2D eigenvalue weighted by atomic mass is 19.3. The number of hydrogen-bond acceptors (Lipinski definition) is 3. The van der Waals surface area contributed by atoms with Crippen molar-refractivity contribution in [2.75, 3.05) is 6.61 Å². The van der Waals surface area contributed by atoms with E-state index in [0.29, 0.717) is 30.4 Å². The Morgan fingerprint density at radius 2 is 1.59 bits per heavy atom. The Kier molecular flexibility index (Phi) is 10.8. The summed E-state index contributed by atoms with van der Waals surface area (Å²) in [6.07, 6.45) is 8.72. The third-order valence-electron chi connectivity index (χ3n) is 7.01. The van der Waals surface area contributed by atoms with Gasteiger partial charge in [0.2, 0.25) is 5.75 Å². The summed E-state index contributed by atoms with van der Waals surface area (Å²) in [5, 5.41) is 0. The first-order chi connectivity index (χ1) is 17.8. The molecular weight excluding hydrogens is 484 g/mol. The molecule has 1 aliphatic rings. The second kappa shape index (κ2) is 13.8. The third-order valence-corrected chi connectivity index (χ3v) is 7.01. The average molecular weight is 523 g/mol. The fourth-order valence-electron chi connectivity index (χ4n) is 4.86. The van der Waals surface area contributed by atoms with E-state index < -0.39 is 40.8 Å². The van der Waals surface area contributed by atoms with E-state index in [-0.39, 0.29) is 24.8 Å². The van der Waals surface area contributed by atoms with Crippen LogP contribution in [0.2, 0.25) is 0 Å². The molecule has 0 bridgehead atoms. The molecule has 1 aliphatic carbocycles. The number of ether oxygens (including phenoxy) is 2. The van der Waals surface area contributed by atoms with Crippen molar-refractivity contribution < 1.29 is 31.8 Å². The van der Waals surface area contributed by atoms with E-state index in [0.717, 1.165) is 51.4 Å². The summed E-state index contributed by atoms with van der Waals surface area (Å²) in [6.45, 7) is 4.77. The van der Waals surface area contributed by atoms with E-state index in [4.69, 9.17) is 9.47 Å². The first-order valence-electron chi connectivity index (χ1n) is 13.6. The van der Waals surface area contributed by atoms with Gasteiger partial charge >= 0.3 is 5.97 Å². The van der Waals surface area contributed by atoms with Crippen molar-refractivity contribution in [3.8, 4) is 11.5 Å². The average Bonchev–Trinajstić information content (AvgIpc) is 2.87. The Morgan fingerprint density at radius 1 is 0.946 bits per heavy atom. The first kappa shape index (κ1) is 29.0. The van der Waals surface area contributed by atoms with E-state index in [1.807, 2.05) is 0 Å². The normalized spacial score (nSPS) is 16.3. The standard InChI is InChI=1S/C30H38F4O3/c1-3-5-7-9-10-12-27(35)37-29-26(31)20-25-23(28(29)32)17-18-24(30(25,33)34)21-13-15-22(16-14-21)36-19-11-8-6-4-2/h13-16,20,24H,3-12,17-19H2,1-2H3. The van der Waals surface area contributed by atoms with Gasteiger partial charge in [0.05, 0.1) is 12.5 Å². The van der Waals surface area contributed by atoms with Crippen molar-refractivity contribution in [1.82, 2.24) is 0 Å². The minimum Gasteiger partial charge on any atom is -0.494 e. The fourth-order valence-corrected chi connectivity index (χ4v) is 4.86. The Morgan fingerprint density at radius 3 is 2.27 bits per heavy atom. The number of halogens is 4. The molecule has 0 heterocycles. The Labute approximate surface area is 217 Å². The van der Waals surface area contributed by atoms with Gasteiger partial charge in [0.1, 0.15) is 5.75 Å². The Balaban J connectivity index is 1.69. The van der Waals surface area contributed by atoms with E-state index in [1.165, 1.54) is 0 Å². The summed E-state index contributed by atoms with van der Waals surface area (Å²) in [4.78, 5) is 12.1. The van der Waals surface area contributed by atoms with Crippen molar-refractivity contribution >= 4 is 5.97 Å². The molecule has 1 atom stereocenters. The number of rotatable bonds is 14. The Bertz CT molecular complexity index is 1020. The minimum absolute atomic E-state index is 0.0149. The quantitative estimate of drug-likeness (QED) is 0.107. The highest BCUT2D eigenvalue weighted by molar-refractivity contribution is 5.72. The van der Waals surface area contributed by atoms with Gasteiger partial charge in [0, 0.05) is 17.5 Å². The van der Waals surface area contributed by atoms with Crippen molar-refractivity contribution in [2.24, 2.45) is 0 Å². The number of alkyl halides is 2. The van der Waals surface area contributed by atoms with Crippen molar-refractivity contribution in [3.63, 3.8) is 0 Å². The fraction of sp³-hybridized carbons (Fsp3) is 0.567. The predicted molar refractivity (Wildman–Crippen MR) is 136 cm³/mol. The van der Waals surface area contributed by atoms with Crippen LogP contribution in [0.15, 0.2) is 30.3 Å². The predicted octanol–water partition coefficient (Wildman–Crippen LogP) is 9.01. The zero-order valence-corrected chi connectivity index (χ0v) is 21.9. The summed E-state index contributed by atoms with van der Waals surface area (Å²) in [7, 11) is 0. The van der Waals surface area contributed by atoms with Gasteiger partial charge in [0.25, 0.3) is 5.92 Å². The molecule has 0 aliphatic heterocycles. The van der Waals surface area contributed by atoms with Gasteiger partial charge in [-0.2, -0.15) is 0 Å². The van der Waals surface area contributed by atoms with E-state index in [9.17, 15) is 9.18 Å². The number of esters is 1. The molecular formula is C30H38F4O3. The van der Waals surface area contributed by atoms with E-state index in [1.54, 1.807) is 24.3 Å². The second-order valence-electron chi connectivity index (χ2n) is 9.86. The lowest BCUT2D eigenvalue weighted by Crippen LogP contribution is -2.31. The molecule has 0 radical (unpaired) electrons. The third kappa shape index (κ3) is 7.48. The number of carbonyl (C=O) groups is 1. The highest BCUT2D eigenvalue weighted by Gasteiger charge is 2.48. The SMILES string of the molecule is CCCCCCCC(=O)Oc1c(F)cc2c(c1F)CCC(c1ccc(OCCCCCC)cc1)C2(F)F. The monoisotopic (exact) mass is 522 g/mol. The number of unbranched alkanes of at least 4 members (excludes halogenated alkanes) is 7. The molecule has 37 heavy (non-hydrogen) atoms. The molecule has 0 saturated carbocycles. The molecule has 2 aromatic rings. The van der Waals surface area contributed by atoms with Crippen molar-refractivity contribution in [3.05, 3.63) is 58.7 Å². The van der Waals surface area contributed by atoms with Gasteiger partial charge in [-0.1, -0.05) is 70.9 Å². The first-order valence-corrected chi connectivity index (χ1v) is 13.6. The summed E-state index contributed by atoms with van der Waals surface area (Å²) in [5.74, 6) is -8.25. The molecule has 0 fully saturated rings. The molecule has 0 saturated heterocycles. The number of hydrogen-bond donors (Lipinski definition) is 0. The lowest BCUT2D eigenvalue weighted by molar-refractivity contribution is -0.134. The maximum absolute atomic E-state index is 15.5. The minimum atomic E-state index is -3.49. The van der Waals surface area contributed by atoms with Gasteiger partial charge in [-0.05, 0) is 49.4 Å². The van der Waals surface area contributed by atoms with Crippen LogP contribution < -0.4 is 9.47 Å². The van der Waals surface area contributed by atoms with Crippen molar-refractivity contribution in [2.45, 2.75) is 103 Å². The topological polar surface area (TPSA) is 35.5 Å². The molecule has 1 unspecified atom stereocenters. The second-order valence-corrected chi connectivity index (χ2v) is 9.86. The van der Waals surface area contributed by atoms with E-state index in [2.05, 4.69) is 13.8 Å². The van der Waals surface area contributed by atoms with Gasteiger partial charge in [-0.3, -0.25) is 4.79 Å². The zero-order valence-electron chi connectivity index (χ0n) is 21.9. The lowest BCUT2D eigenvalue weighted by Gasteiger charge is -2.34. The number of fused-ring (bicyclic) bond motifs is 1. The zero-order chi connectivity index (χ0) is 26.8. The van der Waals surface area contributed by atoms with Crippen LogP contribution in [0, 0.1) is 11.6 Å². The smallest absolute Gasteiger partial charge is 0.311 e. The van der Waals surface area contributed by atoms with Crippen LogP contribution >= 0.6 is 0 Å². The largest absolute Gasteiger partial charge is 0.494 e. The molecule has 0 aromatic heterocycles. The van der Waals surface area contributed by atoms with Crippen molar-refractivity contribution in [1.29, 1.82) is 0 Å². The molecule has 0 spiro atoms. The maximum Gasteiger partial charge on any atom is 0.311 e. The summed E-state index contributed by atoms with van der Waals surface area (Å²) < 4.78 is 71.5. The van der Waals surface area contributed by atoms with Crippen LogP contribution in [0.3, 0.4) is 0 Å². The number of carbonyl (C=O) groups excluding carboxylic acids is 1. The van der Waals surface area contributed by atoms with Gasteiger partial charge < -0.3 is 9.47 Å². The van der Waals surface area contributed by atoms with Gasteiger partial charge in [0.15, 0.2) is 11.6 Å². The summed E-state index contributed by atoms with van der Waals surface area (Å²) in [6, 6.07) is 7.13. The molecule has 204 valence electrons. The van der Waals surface area contributed by atoms with Crippen LogP contribution in [-0.2, 0) is 17.1 Å². The Hall–Kier alpha value is -2.57. The molecule has 3 rings (SSSR count). The molecule has 0 amide bonds. The maximum atomic E-state index is 15.5. The van der Waals surface area contributed by atoms with Gasteiger partial charge in [-0.15, -0.1) is 0 Å². The van der Waals surface area contributed by atoms with Crippen LogP contribution in [0.25, 0.3) is 0 Å². The summed E-state index contributed by atoms with van der Waals surface area (Å²) >= 11 is 0. The van der Waals surface area contributed by atoms with E-state index >= 15 is 13.2 Å². The molecule has 2 aromatic carbocycles. The molecule has 0 N–H and O–H groups in total. The van der Waals surface area contributed by atoms with Crippen LogP contribution in [0.4, 0.5) is 17.6 Å². The number of benzene rings is 2. The van der Waals surface area contributed by atoms with Gasteiger partial charge in [-0.25, -0.2) is 17.6 Å².